The number of Topliss-reactive ketones (excluding diaryl/α,β-unsaturated/α-hetero) is 1. The second-order valence-electron chi connectivity index (χ2n) is 10.0. The van der Waals surface area contributed by atoms with Gasteiger partial charge in [0.1, 0.15) is 11.9 Å². The van der Waals surface area contributed by atoms with Gasteiger partial charge in [0.25, 0.3) is 0 Å². The first-order chi connectivity index (χ1) is 16.5. The first-order valence-corrected chi connectivity index (χ1v) is 12.1. The zero-order chi connectivity index (χ0) is 23.7. The third-order valence-corrected chi connectivity index (χ3v) is 7.71. The molecule has 1 heterocycles. The molecule has 1 saturated heterocycles. The van der Waals surface area contributed by atoms with E-state index in [0.29, 0.717) is 0 Å². The van der Waals surface area contributed by atoms with Crippen molar-refractivity contribution < 1.29 is 14.3 Å². The minimum Gasteiger partial charge on any atom is -0.493 e. The van der Waals surface area contributed by atoms with E-state index < -0.39 is 5.41 Å². The topological polar surface area (TPSA) is 38.8 Å². The summed E-state index contributed by atoms with van der Waals surface area (Å²) in [5, 5.41) is 0. The number of hydrogen-bond acceptors (Lipinski definition) is 4. The van der Waals surface area contributed by atoms with Crippen LogP contribution in [0.4, 0.5) is 0 Å². The minimum absolute atomic E-state index is 0.0962. The number of rotatable bonds is 7. The van der Waals surface area contributed by atoms with Crippen LogP contribution in [0.5, 0.6) is 11.5 Å². The molecule has 0 saturated carbocycles. The molecule has 3 aromatic rings. The van der Waals surface area contributed by atoms with Crippen LogP contribution < -0.4 is 9.47 Å². The summed E-state index contributed by atoms with van der Waals surface area (Å²) in [6, 6.07) is 25.2. The number of carbonyl (C=O) groups is 1. The lowest BCUT2D eigenvalue weighted by atomic mass is 9.73. The molecule has 0 aromatic heterocycles. The van der Waals surface area contributed by atoms with Crippen molar-refractivity contribution in [3.05, 3.63) is 95.1 Å². The zero-order valence-corrected chi connectivity index (χ0v) is 20.3. The lowest BCUT2D eigenvalue weighted by Gasteiger charge is -2.29. The normalized spacial score (nSPS) is 22.5. The molecule has 0 amide bonds. The number of nitrogens with zero attached hydrogens (tertiary/aromatic N) is 1. The summed E-state index contributed by atoms with van der Waals surface area (Å²) in [6.45, 7) is 6.28. The van der Waals surface area contributed by atoms with Gasteiger partial charge in [-0.25, -0.2) is 0 Å². The maximum absolute atomic E-state index is 12.9. The molecule has 0 N–H and O–H groups in total. The van der Waals surface area contributed by atoms with E-state index in [1.807, 2.05) is 12.1 Å². The van der Waals surface area contributed by atoms with Crippen molar-refractivity contribution in [1.29, 1.82) is 0 Å². The molecule has 0 bridgehead atoms. The van der Waals surface area contributed by atoms with Crippen LogP contribution in [0.1, 0.15) is 42.0 Å². The molecule has 4 heteroatoms. The minimum atomic E-state index is -0.440. The van der Waals surface area contributed by atoms with Gasteiger partial charge in [0, 0.05) is 43.8 Å². The van der Waals surface area contributed by atoms with Crippen LogP contribution in [0.3, 0.4) is 0 Å². The SMILES string of the molecule is COc1ccc([C@H]2CN(Cc3ccccc3)C[C@]2(C)C(C)=O)cc1OC1Cc2ccccc2C1. The van der Waals surface area contributed by atoms with Gasteiger partial charge >= 0.3 is 0 Å². The third kappa shape index (κ3) is 4.35. The number of likely N-dealkylation sites (tertiary alicyclic amines) is 1. The Morgan fingerprint density at radius 3 is 2.29 bits per heavy atom. The fourth-order valence-electron chi connectivity index (χ4n) is 5.67. The molecule has 0 radical (unpaired) electrons. The van der Waals surface area contributed by atoms with Crippen molar-refractivity contribution in [1.82, 2.24) is 4.90 Å². The monoisotopic (exact) mass is 455 g/mol. The molecule has 1 aliphatic heterocycles. The van der Waals surface area contributed by atoms with Gasteiger partial charge in [0.2, 0.25) is 0 Å². The van der Waals surface area contributed by atoms with Crippen molar-refractivity contribution in [2.75, 3.05) is 20.2 Å². The smallest absolute Gasteiger partial charge is 0.161 e. The summed E-state index contributed by atoms with van der Waals surface area (Å²) in [6.07, 6.45) is 1.91. The van der Waals surface area contributed by atoms with E-state index in [9.17, 15) is 4.79 Å². The molecule has 34 heavy (non-hydrogen) atoms. The van der Waals surface area contributed by atoms with E-state index in [1.54, 1.807) is 14.0 Å². The molecule has 1 fully saturated rings. The fourth-order valence-corrected chi connectivity index (χ4v) is 5.67. The Hall–Kier alpha value is -3.11. The van der Waals surface area contributed by atoms with Crippen molar-refractivity contribution in [3.63, 3.8) is 0 Å². The predicted molar refractivity (Wildman–Crippen MR) is 135 cm³/mol. The number of ketones is 1. The Kier molecular flexibility index (Phi) is 6.18. The number of hydrogen-bond donors (Lipinski definition) is 0. The average molecular weight is 456 g/mol. The molecule has 0 unspecified atom stereocenters. The number of methoxy groups -OCH3 is 1. The maximum Gasteiger partial charge on any atom is 0.161 e. The molecule has 176 valence electrons. The lowest BCUT2D eigenvalue weighted by Crippen LogP contribution is -2.33. The molecular formula is C30H33NO3. The van der Waals surface area contributed by atoms with Gasteiger partial charge in [0.05, 0.1) is 7.11 Å². The van der Waals surface area contributed by atoms with Crippen molar-refractivity contribution in [3.8, 4) is 11.5 Å². The van der Waals surface area contributed by atoms with Gasteiger partial charge in [-0.3, -0.25) is 9.69 Å². The first-order valence-electron chi connectivity index (χ1n) is 12.1. The highest BCUT2D eigenvalue weighted by molar-refractivity contribution is 5.84. The van der Waals surface area contributed by atoms with E-state index in [1.165, 1.54) is 16.7 Å². The summed E-state index contributed by atoms with van der Waals surface area (Å²) >= 11 is 0. The number of fused-ring (bicyclic) bond motifs is 1. The van der Waals surface area contributed by atoms with E-state index in [2.05, 4.69) is 72.5 Å². The summed E-state index contributed by atoms with van der Waals surface area (Å²) in [7, 11) is 1.68. The van der Waals surface area contributed by atoms with Gasteiger partial charge in [0.15, 0.2) is 11.5 Å². The Morgan fingerprint density at radius 1 is 0.971 bits per heavy atom. The van der Waals surface area contributed by atoms with E-state index in [0.717, 1.165) is 49.5 Å². The van der Waals surface area contributed by atoms with Crippen LogP contribution in [-0.4, -0.2) is 37.0 Å². The summed E-state index contributed by atoms with van der Waals surface area (Å²) in [5.41, 5.74) is 4.69. The summed E-state index contributed by atoms with van der Waals surface area (Å²) < 4.78 is 12.2. The molecule has 3 aromatic carbocycles. The van der Waals surface area contributed by atoms with Gasteiger partial charge < -0.3 is 9.47 Å². The van der Waals surface area contributed by atoms with Crippen LogP contribution in [-0.2, 0) is 24.2 Å². The number of ether oxygens (including phenoxy) is 2. The maximum atomic E-state index is 12.9. The summed E-state index contributed by atoms with van der Waals surface area (Å²) in [4.78, 5) is 15.3. The Bertz CT molecular complexity index is 1150. The largest absolute Gasteiger partial charge is 0.493 e. The van der Waals surface area contributed by atoms with Gasteiger partial charge in [-0.1, -0.05) is 67.6 Å². The van der Waals surface area contributed by atoms with Gasteiger partial charge in [-0.05, 0) is 41.3 Å². The highest BCUT2D eigenvalue weighted by Gasteiger charge is 2.47. The molecular weight excluding hydrogens is 422 g/mol. The second-order valence-corrected chi connectivity index (χ2v) is 10.0. The lowest BCUT2D eigenvalue weighted by molar-refractivity contribution is -0.125. The van der Waals surface area contributed by atoms with Crippen molar-refractivity contribution in [2.45, 2.75) is 45.3 Å². The Morgan fingerprint density at radius 2 is 1.65 bits per heavy atom. The van der Waals surface area contributed by atoms with Gasteiger partial charge in [-0.2, -0.15) is 0 Å². The Labute approximate surface area is 202 Å². The fraction of sp³-hybridized carbons (Fsp3) is 0.367. The molecule has 2 aliphatic rings. The second kappa shape index (κ2) is 9.27. The van der Waals surface area contributed by atoms with Crippen LogP contribution in [0.2, 0.25) is 0 Å². The van der Waals surface area contributed by atoms with Crippen LogP contribution in [0.15, 0.2) is 72.8 Å². The van der Waals surface area contributed by atoms with Crippen LogP contribution >= 0.6 is 0 Å². The standard InChI is InChI=1S/C30H33NO3/c1-21(32)30(2)20-31(18-22-9-5-4-6-10-22)19-27(30)25-13-14-28(33-3)29(17-25)34-26-15-23-11-7-8-12-24(23)16-26/h4-14,17,26-27H,15-16,18-20H2,1-3H3/t27-,30-/m1/s1. The van der Waals surface area contributed by atoms with Crippen LogP contribution in [0.25, 0.3) is 0 Å². The van der Waals surface area contributed by atoms with Gasteiger partial charge in [-0.15, -0.1) is 0 Å². The van der Waals surface area contributed by atoms with Crippen molar-refractivity contribution >= 4 is 5.78 Å². The summed E-state index contributed by atoms with van der Waals surface area (Å²) in [5.74, 6) is 1.84. The quantitative estimate of drug-likeness (QED) is 0.476. The third-order valence-electron chi connectivity index (χ3n) is 7.71. The highest BCUT2D eigenvalue weighted by atomic mass is 16.5. The number of benzene rings is 3. The van der Waals surface area contributed by atoms with E-state index in [-0.39, 0.29) is 17.8 Å². The Balaban J connectivity index is 1.40. The molecule has 4 nitrogen and oxygen atoms in total. The molecule has 1 aliphatic carbocycles. The predicted octanol–water partition coefficient (Wildman–Crippen LogP) is 5.44. The molecule has 5 rings (SSSR count). The zero-order valence-electron chi connectivity index (χ0n) is 20.3. The van der Waals surface area contributed by atoms with E-state index >= 15 is 0 Å². The number of carbonyl (C=O) groups excluding carboxylic acids is 1. The van der Waals surface area contributed by atoms with Crippen LogP contribution in [0, 0.1) is 5.41 Å². The highest BCUT2D eigenvalue weighted by Crippen LogP contribution is 2.46. The average Bonchev–Trinajstić information content (AvgIpc) is 3.40. The first kappa shape index (κ1) is 22.7. The van der Waals surface area contributed by atoms with Crippen molar-refractivity contribution in [2.24, 2.45) is 5.41 Å². The van der Waals surface area contributed by atoms with E-state index in [4.69, 9.17) is 9.47 Å². The molecule has 0 spiro atoms. The molecule has 2 atom stereocenters.